The van der Waals surface area contributed by atoms with Crippen molar-refractivity contribution in [2.24, 2.45) is 10.9 Å². The molecule has 3 fully saturated rings. The molecule has 0 radical (unpaired) electrons. The molecule has 2 atom stereocenters. The van der Waals surface area contributed by atoms with Crippen molar-refractivity contribution in [2.75, 3.05) is 18.6 Å². The summed E-state index contributed by atoms with van der Waals surface area (Å²) in [4.78, 5) is 19.0. The van der Waals surface area contributed by atoms with E-state index >= 15 is 0 Å². The van der Waals surface area contributed by atoms with E-state index < -0.39 is 9.84 Å². The van der Waals surface area contributed by atoms with Crippen LogP contribution in [0.1, 0.15) is 44.1 Å². The molecule has 2 aliphatic heterocycles. The maximum atomic E-state index is 12.5. The molecular formula is C21H28N2O4S2. The number of sulfone groups is 1. The molecule has 4 rings (SSSR count). The van der Waals surface area contributed by atoms with Crippen LogP contribution in [-0.2, 0) is 21.2 Å². The predicted molar refractivity (Wildman–Crippen MR) is 116 cm³/mol. The number of carbonyl (C=O) groups is 1. The number of amidine groups is 1. The summed E-state index contributed by atoms with van der Waals surface area (Å²) in [6.07, 6.45) is 6.39. The van der Waals surface area contributed by atoms with E-state index in [2.05, 4.69) is 4.99 Å². The fourth-order valence-electron chi connectivity index (χ4n) is 4.58. The van der Waals surface area contributed by atoms with Crippen molar-refractivity contribution in [3.8, 4) is 5.75 Å². The number of thioether (sulfide) groups is 1. The van der Waals surface area contributed by atoms with Gasteiger partial charge in [-0.05, 0) is 30.0 Å². The number of benzene rings is 1. The highest BCUT2D eigenvalue weighted by Crippen LogP contribution is 2.39. The Hall–Kier alpha value is -1.54. The third kappa shape index (κ3) is 4.97. The van der Waals surface area contributed by atoms with E-state index in [9.17, 15) is 13.2 Å². The SMILES string of the molecule is COc1cccc(CN2C(=NC(=O)CCC3CCCC3)SC3CS(=O)(=O)CC32)c1. The minimum absolute atomic E-state index is 0.0491. The fraction of sp³-hybridized carbons (Fsp3) is 0.619. The van der Waals surface area contributed by atoms with Gasteiger partial charge in [-0.2, -0.15) is 4.99 Å². The maximum Gasteiger partial charge on any atom is 0.248 e. The lowest BCUT2D eigenvalue weighted by Crippen LogP contribution is -2.37. The van der Waals surface area contributed by atoms with Crippen molar-refractivity contribution >= 4 is 32.7 Å². The number of hydrogen-bond acceptors (Lipinski definition) is 5. The van der Waals surface area contributed by atoms with E-state index in [0.29, 0.717) is 24.1 Å². The zero-order valence-electron chi connectivity index (χ0n) is 16.7. The number of rotatable bonds is 6. The zero-order chi connectivity index (χ0) is 20.4. The second-order valence-electron chi connectivity index (χ2n) is 8.26. The summed E-state index contributed by atoms with van der Waals surface area (Å²) in [6.45, 7) is 0.523. The maximum absolute atomic E-state index is 12.5. The van der Waals surface area contributed by atoms with Crippen molar-refractivity contribution in [1.82, 2.24) is 4.90 Å². The molecule has 158 valence electrons. The van der Waals surface area contributed by atoms with Crippen LogP contribution in [0.4, 0.5) is 0 Å². The van der Waals surface area contributed by atoms with Crippen LogP contribution in [-0.4, -0.2) is 54.3 Å². The number of methoxy groups -OCH3 is 1. The highest BCUT2D eigenvalue weighted by Gasteiger charge is 2.48. The number of aliphatic imine (C=N–C) groups is 1. The molecule has 0 aromatic heterocycles. The van der Waals surface area contributed by atoms with E-state index in [0.717, 1.165) is 17.7 Å². The largest absolute Gasteiger partial charge is 0.497 e. The van der Waals surface area contributed by atoms with E-state index in [-0.39, 0.29) is 28.7 Å². The van der Waals surface area contributed by atoms with Crippen molar-refractivity contribution in [2.45, 2.75) is 56.4 Å². The topological polar surface area (TPSA) is 76.0 Å². The molecule has 0 N–H and O–H groups in total. The first-order chi connectivity index (χ1) is 13.9. The monoisotopic (exact) mass is 436 g/mol. The van der Waals surface area contributed by atoms with Gasteiger partial charge in [0.25, 0.3) is 0 Å². The lowest BCUT2D eigenvalue weighted by atomic mass is 10.0. The standard InChI is InChI=1S/C21H28N2O4S2/c1-27-17-8-4-7-16(11-17)12-23-18-13-29(25,26)14-19(18)28-21(23)22-20(24)10-9-15-5-2-3-6-15/h4,7-8,11,15,18-19H,2-3,5-6,9-10,12-14H2,1H3. The van der Waals surface area contributed by atoms with Crippen molar-refractivity contribution in [3.63, 3.8) is 0 Å². The number of nitrogens with zero attached hydrogens (tertiary/aromatic N) is 2. The first-order valence-corrected chi connectivity index (χ1v) is 13.0. The van der Waals surface area contributed by atoms with Gasteiger partial charge < -0.3 is 9.64 Å². The van der Waals surface area contributed by atoms with Crippen LogP contribution in [0.3, 0.4) is 0 Å². The van der Waals surface area contributed by atoms with E-state index in [4.69, 9.17) is 4.74 Å². The van der Waals surface area contributed by atoms with Gasteiger partial charge in [0.15, 0.2) is 15.0 Å². The van der Waals surface area contributed by atoms with Crippen molar-refractivity contribution in [1.29, 1.82) is 0 Å². The van der Waals surface area contributed by atoms with Gasteiger partial charge in [0.2, 0.25) is 5.91 Å². The number of hydrogen-bond donors (Lipinski definition) is 0. The van der Waals surface area contributed by atoms with Gasteiger partial charge in [-0.15, -0.1) is 0 Å². The normalized spacial score (nSPS) is 27.5. The molecule has 1 amide bonds. The summed E-state index contributed by atoms with van der Waals surface area (Å²) in [5.41, 5.74) is 1.01. The Morgan fingerprint density at radius 2 is 2.07 bits per heavy atom. The van der Waals surface area contributed by atoms with Crippen LogP contribution in [0.15, 0.2) is 29.3 Å². The number of ether oxygens (including phenoxy) is 1. The molecular weight excluding hydrogens is 408 g/mol. The van der Waals surface area contributed by atoms with Gasteiger partial charge in [0.1, 0.15) is 5.75 Å². The molecule has 1 aromatic carbocycles. The fourth-order valence-corrected chi connectivity index (χ4v) is 8.55. The molecule has 1 aliphatic carbocycles. The number of carbonyl (C=O) groups excluding carboxylic acids is 1. The average Bonchev–Trinajstić information content (AvgIpc) is 3.37. The smallest absolute Gasteiger partial charge is 0.248 e. The summed E-state index contributed by atoms with van der Waals surface area (Å²) in [5, 5.41) is 0.626. The summed E-state index contributed by atoms with van der Waals surface area (Å²) in [5.74, 6) is 1.62. The number of fused-ring (bicyclic) bond motifs is 1. The van der Waals surface area contributed by atoms with E-state index in [1.165, 1.54) is 37.4 Å². The van der Waals surface area contributed by atoms with Gasteiger partial charge >= 0.3 is 0 Å². The zero-order valence-corrected chi connectivity index (χ0v) is 18.4. The first kappa shape index (κ1) is 20.7. The Balaban J connectivity index is 1.50. The highest BCUT2D eigenvalue weighted by molar-refractivity contribution is 8.15. The number of amides is 1. The van der Waals surface area contributed by atoms with Crippen molar-refractivity contribution < 1.29 is 17.9 Å². The van der Waals surface area contributed by atoms with Crippen LogP contribution < -0.4 is 4.74 Å². The first-order valence-electron chi connectivity index (χ1n) is 10.3. The second-order valence-corrected chi connectivity index (χ2v) is 11.6. The van der Waals surface area contributed by atoms with Crippen LogP contribution in [0.5, 0.6) is 5.75 Å². The van der Waals surface area contributed by atoms with Gasteiger partial charge in [0, 0.05) is 18.2 Å². The van der Waals surface area contributed by atoms with Gasteiger partial charge in [-0.1, -0.05) is 49.6 Å². The van der Waals surface area contributed by atoms with Crippen LogP contribution >= 0.6 is 11.8 Å². The van der Waals surface area contributed by atoms with Gasteiger partial charge in [-0.3, -0.25) is 4.79 Å². The van der Waals surface area contributed by atoms with E-state index in [1.54, 1.807) is 7.11 Å². The van der Waals surface area contributed by atoms with E-state index in [1.807, 2.05) is 29.2 Å². The highest BCUT2D eigenvalue weighted by atomic mass is 32.2. The summed E-state index contributed by atoms with van der Waals surface area (Å²) in [7, 11) is -1.42. The summed E-state index contributed by atoms with van der Waals surface area (Å²) < 4.78 is 29.6. The molecule has 2 heterocycles. The molecule has 3 aliphatic rings. The Kier molecular flexibility index (Phi) is 6.20. The molecule has 6 nitrogen and oxygen atoms in total. The molecule has 2 saturated heterocycles. The Labute approximate surface area is 177 Å². The molecule has 29 heavy (non-hydrogen) atoms. The lowest BCUT2D eigenvalue weighted by molar-refractivity contribution is -0.118. The minimum atomic E-state index is -3.04. The molecule has 1 saturated carbocycles. The molecule has 0 bridgehead atoms. The van der Waals surface area contributed by atoms with Crippen LogP contribution in [0, 0.1) is 5.92 Å². The van der Waals surface area contributed by atoms with Gasteiger partial charge in [-0.25, -0.2) is 8.42 Å². The van der Waals surface area contributed by atoms with Crippen molar-refractivity contribution in [3.05, 3.63) is 29.8 Å². The lowest BCUT2D eigenvalue weighted by Gasteiger charge is -2.24. The Bertz CT molecular complexity index is 894. The molecule has 0 spiro atoms. The molecule has 1 aromatic rings. The summed E-state index contributed by atoms with van der Waals surface area (Å²) >= 11 is 1.45. The summed E-state index contributed by atoms with van der Waals surface area (Å²) in [6, 6.07) is 7.61. The molecule has 2 unspecified atom stereocenters. The van der Waals surface area contributed by atoms with Crippen LogP contribution in [0.2, 0.25) is 0 Å². The third-order valence-corrected chi connectivity index (χ3v) is 9.37. The van der Waals surface area contributed by atoms with Gasteiger partial charge in [0.05, 0.1) is 24.7 Å². The molecule has 8 heteroatoms. The quantitative estimate of drug-likeness (QED) is 0.681. The van der Waals surface area contributed by atoms with Crippen LogP contribution in [0.25, 0.3) is 0 Å². The average molecular weight is 437 g/mol. The third-order valence-electron chi connectivity index (χ3n) is 6.12. The predicted octanol–water partition coefficient (Wildman–Crippen LogP) is 3.26. The minimum Gasteiger partial charge on any atom is -0.497 e. The second kappa shape index (κ2) is 8.68. The Morgan fingerprint density at radius 3 is 2.83 bits per heavy atom. The Morgan fingerprint density at radius 1 is 1.28 bits per heavy atom.